The van der Waals surface area contributed by atoms with Crippen molar-refractivity contribution < 1.29 is 14.2 Å². The molecule has 2 N–H and O–H groups in total. The SMILES string of the molecule is C=CCc1cc(CN)cc(OCC)c1OCCOCCC. The third kappa shape index (κ3) is 5.78. The zero-order valence-electron chi connectivity index (χ0n) is 13.2. The second-order valence-electron chi connectivity index (χ2n) is 4.67. The van der Waals surface area contributed by atoms with Gasteiger partial charge in [0.25, 0.3) is 0 Å². The Morgan fingerprint density at radius 2 is 1.95 bits per heavy atom. The summed E-state index contributed by atoms with van der Waals surface area (Å²) < 4.78 is 17.0. The van der Waals surface area contributed by atoms with Crippen LogP contribution in [0.15, 0.2) is 24.8 Å². The van der Waals surface area contributed by atoms with Crippen LogP contribution in [0.4, 0.5) is 0 Å². The number of rotatable bonds is 11. The van der Waals surface area contributed by atoms with E-state index in [9.17, 15) is 0 Å². The van der Waals surface area contributed by atoms with Crippen LogP contribution in [0.25, 0.3) is 0 Å². The van der Waals surface area contributed by atoms with E-state index in [1.165, 1.54) is 0 Å². The molecule has 118 valence electrons. The van der Waals surface area contributed by atoms with Crippen LogP contribution >= 0.6 is 0 Å². The Morgan fingerprint density at radius 3 is 2.57 bits per heavy atom. The summed E-state index contributed by atoms with van der Waals surface area (Å²) >= 11 is 0. The second-order valence-corrected chi connectivity index (χ2v) is 4.67. The summed E-state index contributed by atoms with van der Waals surface area (Å²) in [5.41, 5.74) is 7.82. The Bertz CT molecular complexity index is 432. The van der Waals surface area contributed by atoms with E-state index in [0.717, 1.165) is 42.1 Å². The van der Waals surface area contributed by atoms with Crippen LogP contribution in [0.1, 0.15) is 31.4 Å². The predicted octanol–water partition coefficient (Wildman–Crippen LogP) is 3.08. The van der Waals surface area contributed by atoms with Crippen molar-refractivity contribution in [3.05, 3.63) is 35.9 Å². The van der Waals surface area contributed by atoms with Crippen molar-refractivity contribution in [3.63, 3.8) is 0 Å². The van der Waals surface area contributed by atoms with Crippen molar-refractivity contribution in [3.8, 4) is 11.5 Å². The summed E-state index contributed by atoms with van der Waals surface area (Å²) in [7, 11) is 0. The van der Waals surface area contributed by atoms with E-state index in [-0.39, 0.29) is 0 Å². The first kappa shape index (κ1) is 17.5. The lowest BCUT2D eigenvalue weighted by atomic mass is 10.1. The molecule has 0 saturated carbocycles. The zero-order chi connectivity index (χ0) is 15.5. The highest BCUT2D eigenvalue weighted by molar-refractivity contribution is 5.50. The lowest BCUT2D eigenvalue weighted by Gasteiger charge is -2.17. The van der Waals surface area contributed by atoms with E-state index in [0.29, 0.717) is 26.4 Å². The molecule has 0 atom stereocenters. The molecule has 0 aliphatic heterocycles. The largest absolute Gasteiger partial charge is 0.490 e. The number of allylic oxidation sites excluding steroid dienone is 1. The third-order valence-corrected chi connectivity index (χ3v) is 2.91. The predicted molar refractivity (Wildman–Crippen MR) is 86.0 cm³/mol. The van der Waals surface area contributed by atoms with Crippen molar-refractivity contribution >= 4 is 0 Å². The van der Waals surface area contributed by atoms with E-state index in [1.807, 2.05) is 25.1 Å². The molecule has 4 heteroatoms. The summed E-state index contributed by atoms with van der Waals surface area (Å²) in [5.74, 6) is 1.52. The van der Waals surface area contributed by atoms with Gasteiger partial charge >= 0.3 is 0 Å². The average molecular weight is 293 g/mol. The molecule has 0 saturated heterocycles. The smallest absolute Gasteiger partial charge is 0.164 e. The summed E-state index contributed by atoms with van der Waals surface area (Å²) in [4.78, 5) is 0. The van der Waals surface area contributed by atoms with Crippen LogP contribution in [0.3, 0.4) is 0 Å². The van der Waals surface area contributed by atoms with Gasteiger partial charge < -0.3 is 19.9 Å². The molecule has 1 aromatic rings. The highest BCUT2D eigenvalue weighted by atomic mass is 16.5. The molecule has 0 unspecified atom stereocenters. The van der Waals surface area contributed by atoms with Crippen LogP contribution < -0.4 is 15.2 Å². The van der Waals surface area contributed by atoms with Gasteiger partial charge in [0.05, 0.1) is 13.2 Å². The quantitative estimate of drug-likeness (QED) is 0.503. The van der Waals surface area contributed by atoms with Crippen molar-refractivity contribution in [1.82, 2.24) is 0 Å². The third-order valence-electron chi connectivity index (χ3n) is 2.91. The highest BCUT2D eigenvalue weighted by Crippen LogP contribution is 2.33. The van der Waals surface area contributed by atoms with Gasteiger partial charge in [-0.3, -0.25) is 0 Å². The summed E-state index contributed by atoms with van der Waals surface area (Å²) in [5, 5.41) is 0. The maximum atomic E-state index is 5.88. The van der Waals surface area contributed by atoms with E-state index >= 15 is 0 Å². The van der Waals surface area contributed by atoms with Crippen molar-refractivity contribution in [1.29, 1.82) is 0 Å². The molecule has 21 heavy (non-hydrogen) atoms. The van der Waals surface area contributed by atoms with Gasteiger partial charge in [0, 0.05) is 18.7 Å². The normalized spacial score (nSPS) is 10.4. The number of hydrogen-bond donors (Lipinski definition) is 1. The van der Waals surface area contributed by atoms with Crippen LogP contribution in [0, 0.1) is 0 Å². The number of benzene rings is 1. The van der Waals surface area contributed by atoms with Crippen LogP contribution in [0.5, 0.6) is 11.5 Å². The Morgan fingerprint density at radius 1 is 1.14 bits per heavy atom. The molecule has 0 amide bonds. The van der Waals surface area contributed by atoms with Gasteiger partial charge in [-0.05, 0) is 31.4 Å². The highest BCUT2D eigenvalue weighted by Gasteiger charge is 2.12. The van der Waals surface area contributed by atoms with Gasteiger partial charge in [0.2, 0.25) is 0 Å². The van der Waals surface area contributed by atoms with Gasteiger partial charge in [-0.2, -0.15) is 0 Å². The average Bonchev–Trinajstić information content (AvgIpc) is 2.49. The molecule has 0 heterocycles. The molecule has 0 fully saturated rings. The number of nitrogens with two attached hydrogens (primary N) is 1. The van der Waals surface area contributed by atoms with Gasteiger partial charge in [0.1, 0.15) is 6.61 Å². The van der Waals surface area contributed by atoms with Gasteiger partial charge in [-0.25, -0.2) is 0 Å². The van der Waals surface area contributed by atoms with Gasteiger partial charge in [0.15, 0.2) is 11.5 Å². The molecule has 0 aliphatic rings. The first-order chi connectivity index (χ1) is 10.3. The minimum absolute atomic E-state index is 0.476. The lowest BCUT2D eigenvalue weighted by molar-refractivity contribution is 0.0989. The summed E-state index contributed by atoms with van der Waals surface area (Å²) in [6.45, 7) is 10.7. The fourth-order valence-electron chi connectivity index (χ4n) is 2.02. The standard InChI is InChI=1S/C17H27NO3/c1-4-7-15-11-14(13-18)12-16(20-6-3)17(15)21-10-9-19-8-5-2/h4,11-12H,1,5-10,13,18H2,2-3H3. The zero-order valence-corrected chi connectivity index (χ0v) is 13.2. The monoisotopic (exact) mass is 293 g/mol. The minimum Gasteiger partial charge on any atom is -0.490 e. The molecule has 0 aromatic heterocycles. The summed E-state index contributed by atoms with van der Waals surface area (Å²) in [6.07, 6.45) is 3.59. The van der Waals surface area contributed by atoms with Crippen molar-refractivity contribution in [2.75, 3.05) is 26.4 Å². The topological polar surface area (TPSA) is 53.7 Å². The Hall–Kier alpha value is -1.52. The molecule has 1 aromatic carbocycles. The van der Waals surface area contributed by atoms with Crippen LogP contribution in [-0.4, -0.2) is 26.4 Å². The molecule has 0 radical (unpaired) electrons. The van der Waals surface area contributed by atoms with Crippen LogP contribution in [-0.2, 0) is 17.7 Å². The van der Waals surface area contributed by atoms with Crippen molar-refractivity contribution in [2.24, 2.45) is 5.73 Å². The number of hydrogen-bond acceptors (Lipinski definition) is 4. The van der Waals surface area contributed by atoms with E-state index in [4.69, 9.17) is 19.9 Å². The molecular weight excluding hydrogens is 266 g/mol. The minimum atomic E-state index is 0.476. The second kappa shape index (κ2) is 10.2. The van der Waals surface area contributed by atoms with E-state index in [2.05, 4.69) is 13.5 Å². The lowest BCUT2D eigenvalue weighted by Crippen LogP contribution is -2.10. The molecular formula is C17H27NO3. The van der Waals surface area contributed by atoms with E-state index < -0.39 is 0 Å². The van der Waals surface area contributed by atoms with Crippen LogP contribution in [0.2, 0.25) is 0 Å². The maximum Gasteiger partial charge on any atom is 0.164 e. The first-order valence-electron chi connectivity index (χ1n) is 7.56. The summed E-state index contributed by atoms with van der Waals surface area (Å²) in [6, 6.07) is 3.99. The molecule has 1 rings (SSSR count). The Kier molecular flexibility index (Phi) is 8.55. The maximum absolute atomic E-state index is 5.88. The molecule has 0 aliphatic carbocycles. The van der Waals surface area contributed by atoms with Gasteiger partial charge in [-0.15, -0.1) is 6.58 Å². The number of ether oxygens (including phenoxy) is 3. The Labute approximate surface area is 127 Å². The fraction of sp³-hybridized carbons (Fsp3) is 0.529. The fourth-order valence-corrected chi connectivity index (χ4v) is 2.02. The van der Waals surface area contributed by atoms with Crippen molar-refractivity contribution in [2.45, 2.75) is 33.2 Å². The molecule has 0 spiro atoms. The van der Waals surface area contributed by atoms with Gasteiger partial charge in [-0.1, -0.05) is 19.1 Å². The first-order valence-corrected chi connectivity index (χ1v) is 7.56. The Balaban J connectivity index is 2.87. The molecule has 4 nitrogen and oxygen atoms in total. The van der Waals surface area contributed by atoms with E-state index in [1.54, 1.807) is 0 Å². The molecule has 0 bridgehead atoms.